The Morgan fingerprint density at radius 1 is 1.43 bits per heavy atom. The first-order valence-electron chi connectivity index (χ1n) is 9.37. The van der Waals surface area contributed by atoms with Gasteiger partial charge in [0.2, 0.25) is 0 Å². The summed E-state index contributed by atoms with van der Waals surface area (Å²) < 4.78 is 19.7. The quantitative estimate of drug-likeness (QED) is 0.409. The van der Waals surface area contributed by atoms with E-state index in [1.54, 1.807) is 0 Å². The zero-order valence-corrected chi connectivity index (χ0v) is 16.4. The molecule has 0 bridgehead atoms. The van der Waals surface area contributed by atoms with Crippen molar-refractivity contribution in [2.45, 2.75) is 44.2 Å². The third-order valence-electron chi connectivity index (χ3n) is 4.98. The summed E-state index contributed by atoms with van der Waals surface area (Å²) in [5.41, 5.74) is -1.32. The van der Waals surface area contributed by atoms with Gasteiger partial charge in [0.25, 0.3) is 11.8 Å². The number of nitrogens with one attached hydrogen (secondary N) is 2. The maximum Gasteiger partial charge on any atom is 0.325 e. The molecule has 152 valence electrons. The van der Waals surface area contributed by atoms with Crippen LogP contribution in [0.3, 0.4) is 0 Å². The molecule has 9 heteroatoms. The molecule has 3 rings (SSSR count). The Morgan fingerprint density at radius 3 is 2.93 bits per heavy atom. The van der Waals surface area contributed by atoms with E-state index in [1.165, 1.54) is 18.2 Å². The van der Waals surface area contributed by atoms with E-state index in [2.05, 4.69) is 10.6 Å². The normalized spacial score (nSPS) is 23.4. The van der Waals surface area contributed by atoms with E-state index in [-0.39, 0.29) is 30.2 Å². The lowest BCUT2D eigenvalue weighted by molar-refractivity contribution is -0.136. The third kappa shape index (κ3) is 3.65. The highest BCUT2D eigenvalue weighted by Gasteiger charge is 2.57. The number of hydrogen-bond acceptors (Lipinski definition) is 4. The molecule has 28 heavy (non-hydrogen) atoms. The summed E-state index contributed by atoms with van der Waals surface area (Å²) in [5, 5.41) is 5.46. The fraction of sp³-hybridized carbons (Fsp3) is 0.526. The molecule has 2 atom stereocenters. The molecule has 7 nitrogen and oxygen atoms in total. The van der Waals surface area contributed by atoms with Crippen LogP contribution in [-0.4, -0.2) is 47.8 Å². The van der Waals surface area contributed by atoms with Gasteiger partial charge in [-0.2, -0.15) is 0 Å². The highest BCUT2D eigenvalue weighted by atomic mass is 35.5. The molecular formula is C19H23ClFN3O4. The molecule has 0 aliphatic carbocycles. The number of rotatable bonds is 7. The second-order valence-electron chi connectivity index (χ2n) is 6.93. The first-order chi connectivity index (χ1) is 13.4. The summed E-state index contributed by atoms with van der Waals surface area (Å²) in [4.78, 5) is 39.3. The number of ether oxygens (including phenoxy) is 1. The first-order valence-corrected chi connectivity index (χ1v) is 9.91. The van der Waals surface area contributed by atoms with Gasteiger partial charge in [0.15, 0.2) is 11.6 Å². The maximum atomic E-state index is 13.9. The van der Waals surface area contributed by atoms with E-state index >= 15 is 0 Å². The fourth-order valence-corrected chi connectivity index (χ4v) is 3.66. The summed E-state index contributed by atoms with van der Waals surface area (Å²) in [5.74, 6) is -0.959. The van der Waals surface area contributed by atoms with Crippen molar-refractivity contribution < 1.29 is 23.5 Å². The van der Waals surface area contributed by atoms with E-state index in [0.717, 1.165) is 17.7 Å². The molecule has 1 aromatic carbocycles. The number of imide groups is 1. The largest absolute Gasteiger partial charge is 0.480 e. The van der Waals surface area contributed by atoms with Gasteiger partial charge in [-0.15, -0.1) is 11.6 Å². The van der Waals surface area contributed by atoms with E-state index in [4.69, 9.17) is 16.3 Å². The Balaban J connectivity index is 1.95. The zero-order chi connectivity index (χ0) is 20.3. The number of carbonyl (C=O) groups is 3. The molecule has 1 aromatic rings. The van der Waals surface area contributed by atoms with Crippen molar-refractivity contribution in [2.24, 2.45) is 0 Å². The van der Waals surface area contributed by atoms with Crippen molar-refractivity contribution in [1.82, 2.24) is 15.5 Å². The molecule has 4 amide bonds. The average molecular weight is 412 g/mol. The van der Waals surface area contributed by atoms with Gasteiger partial charge in [-0.3, -0.25) is 14.5 Å². The van der Waals surface area contributed by atoms with E-state index in [1.807, 2.05) is 6.92 Å². The smallest absolute Gasteiger partial charge is 0.325 e. The third-order valence-corrected chi connectivity index (χ3v) is 5.24. The minimum atomic E-state index is -1.54. The lowest BCUT2D eigenvalue weighted by Crippen LogP contribution is -2.54. The molecule has 0 aromatic heterocycles. The Labute approximate surface area is 167 Å². The summed E-state index contributed by atoms with van der Waals surface area (Å²) in [6.07, 6.45) is 1.08. The predicted octanol–water partition coefficient (Wildman–Crippen LogP) is 2.27. The van der Waals surface area contributed by atoms with Crippen molar-refractivity contribution >= 4 is 29.4 Å². The number of carbonyl (C=O) groups excluding carboxylic acids is 3. The zero-order valence-electron chi connectivity index (χ0n) is 15.6. The van der Waals surface area contributed by atoms with Crippen LogP contribution in [0.1, 0.15) is 38.2 Å². The minimum absolute atomic E-state index is 0.108. The molecule has 2 N–H and O–H groups in total. The van der Waals surface area contributed by atoms with Gasteiger partial charge < -0.3 is 15.4 Å². The summed E-state index contributed by atoms with van der Waals surface area (Å²) in [6, 6.07) is 3.15. The molecule has 2 aliphatic rings. The van der Waals surface area contributed by atoms with E-state index < -0.39 is 29.4 Å². The number of hydrogen-bond donors (Lipinski definition) is 2. The SMILES string of the molecule is CCCCNC(=O)[C@@H]1C[C@]2(NC(=O)N(CCCCl)C2=O)c2cc(F)ccc2O1. The number of unbranched alkanes of at least 4 members (excludes halogenated alkanes) is 1. The number of amides is 4. The topological polar surface area (TPSA) is 87.7 Å². The second-order valence-corrected chi connectivity index (χ2v) is 7.31. The van der Waals surface area contributed by atoms with E-state index in [0.29, 0.717) is 18.8 Å². The molecule has 1 fully saturated rings. The van der Waals surface area contributed by atoms with Crippen LogP contribution in [-0.2, 0) is 15.1 Å². The van der Waals surface area contributed by atoms with Gasteiger partial charge >= 0.3 is 6.03 Å². The van der Waals surface area contributed by atoms with Gasteiger partial charge in [-0.05, 0) is 31.0 Å². The lowest BCUT2D eigenvalue weighted by Gasteiger charge is -2.37. The number of nitrogens with zero attached hydrogens (tertiary/aromatic N) is 1. The fourth-order valence-electron chi connectivity index (χ4n) is 3.54. The Hall–Kier alpha value is -2.35. The van der Waals surface area contributed by atoms with Crippen LogP contribution in [0.25, 0.3) is 0 Å². The van der Waals surface area contributed by atoms with Gasteiger partial charge in [0.05, 0.1) is 0 Å². The molecule has 0 radical (unpaired) electrons. The van der Waals surface area contributed by atoms with Crippen LogP contribution in [0.2, 0.25) is 0 Å². The molecule has 0 unspecified atom stereocenters. The number of alkyl halides is 1. The van der Waals surface area contributed by atoms with Crippen LogP contribution in [0, 0.1) is 5.82 Å². The van der Waals surface area contributed by atoms with Gasteiger partial charge in [-0.25, -0.2) is 9.18 Å². The van der Waals surface area contributed by atoms with Crippen LogP contribution in [0.4, 0.5) is 9.18 Å². The number of halogens is 2. The number of fused-ring (bicyclic) bond motifs is 2. The van der Waals surface area contributed by atoms with Crippen LogP contribution < -0.4 is 15.4 Å². The van der Waals surface area contributed by atoms with Gasteiger partial charge in [0, 0.05) is 31.0 Å². The molecule has 1 saturated heterocycles. The summed E-state index contributed by atoms with van der Waals surface area (Å²) >= 11 is 5.69. The first kappa shape index (κ1) is 20.4. The van der Waals surface area contributed by atoms with Crippen LogP contribution in [0.5, 0.6) is 5.75 Å². The molecule has 0 saturated carbocycles. The predicted molar refractivity (Wildman–Crippen MR) is 101 cm³/mol. The van der Waals surface area contributed by atoms with Crippen molar-refractivity contribution in [2.75, 3.05) is 19.0 Å². The molecule has 2 heterocycles. The highest BCUT2D eigenvalue weighted by Crippen LogP contribution is 2.43. The molecule has 1 spiro atoms. The standard InChI is InChI=1S/C19H23ClFN3O4/c1-2-3-8-22-16(25)15-11-19(13-10-12(21)5-6-14(13)28-15)17(26)24(9-4-7-20)18(27)23-19/h5-6,10,15H,2-4,7-9,11H2,1H3,(H,22,25)(H,23,27)/t15-,19-/m0/s1. The number of urea groups is 1. The highest BCUT2D eigenvalue weighted by molar-refractivity contribution is 6.17. The van der Waals surface area contributed by atoms with Crippen LogP contribution in [0.15, 0.2) is 18.2 Å². The van der Waals surface area contributed by atoms with Crippen molar-refractivity contribution in [3.05, 3.63) is 29.6 Å². The van der Waals surface area contributed by atoms with Gasteiger partial charge in [-0.1, -0.05) is 13.3 Å². The van der Waals surface area contributed by atoms with E-state index in [9.17, 15) is 18.8 Å². The average Bonchev–Trinajstić information content (AvgIpc) is 2.90. The van der Waals surface area contributed by atoms with Crippen molar-refractivity contribution in [3.8, 4) is 5.75 Å². The Kier molecular flexibility index (Phi) is 6.07. The summed E-state index contributed by atoms with van der Waals surface area (Å²) in [6.45, 7) is 2.64. The van der Waals surface area contributed by atoms with Crippen molar-refractivity contribution in [1.29, 1.82) is 0 Å². The van der Waals surface area contributed by atoms with Gasteiger partial charge in [0.1, 0.15) is 11.6 Å². The van der Waals surface area contributed by atoms with Crippen molar-refractivity contribution in [3.63, 3.8) is 0 Å². The minimum Gasteiger partial charge on any atom is -0.480 e. The number of benzene rings is 1. The lowest BCUT2D eigenvalue weighted by atomic mass is 9.81. The maximum absolute atomic E-state index is 13.9. The molecular weight excluding hydrogens is 389 g/mol. The molecule has 2 aliphatic heterocycles. The monoisotopic (exact) mass is 411 g/mol. The Morgan fingerprint density at radius 2 is 2.21 bits per heavy atom. The summed E-state index contributed by atoms with van der Waals surface area (Å²) in [7, 11) is 0. The second kappa shape index (κ2) is 8.34. The van der Waals surface area contributed by atoms with Crippen LogP contribution >= 0.6 is 11.6 Å². The Bertz CT molecular complexity index is 790.